The molecule has 1 aliphatic rings. The van der Waals surface area contributed by atoms with Gasteiger partial charge in [-0.3, -0.25) is 4.79 Å². The third-order valence-electron chi connectivity index (χ3n) is 4.32. The summed E-state index contributed by atoms with van der Waals surface area (Å²) >= 11 is 0. The third-order valence-corrected chi connectivity index (χ3v) is 4.32. The normalized spacial score (nSPS) is 18.9. The number of fused-ring (bicyclic) bond motifs is 1. The summed E-state index contributed by atoms with van der Waals surface area (Å²) in [7, 11) is 1.82. The highest BCUT2D eigenvalue weighted by Gasteiger charge is 2.42. The van der Waals surface area contributed by atoms with E-state index in [2.05, 4.69) is 19.9 Å². The highest BCUT2D eigenvalue weighted by molar-refractivity contribution is 6.07. The summed E-state index contributed by atoms with van der Waals surface area (Å²) in [4.78, 5) is 14.0. The first-order valence-electron chi connectivity index (χ1n) is 6.84. The molecule has 104 valence electrons. The molecular weight excluding hydrogens is 238 g/mol. The van der Waals surface area contributed by atoms with E-state index in [1.54, 1.807) is 4.90 Å². The molecule has 19 heavy (non-hydrogen) atoms. The van der Waals surface area contributed by atoms with Gasteiger partial charge in [0, 0.05) is 18.7 Å². The van der Waals surface area contributed by atoms with Crippen LogP contribution in [0.15, 0.2) is 18.2 Å². The fourth-order valence-corrected chi connectivity index (χ4v) is 2.92. The van der Waals surface area contributed by atoms with Gasteiger partial charge in [0.25, 0.3) is 0 Å². The zero-order valence-electron chi connectivity index (χ0n) is 12.4. The number of amides is 1. The second-order valence-corrected chi connectivity index (χ2v) is 6.30. The first-order chi connectivity index (χ1) is 8.80. The zero-order valence-corrected chi connectivity index (χ0v) is 12.4. The minimum atomic E-state index is -0.475. The van der Waals surface area contributed by atoms with E-state index in [9.17, 15) is 9.90 Å². The van der Waals surface area contributed by atoms with Gasteiger partial charge >= 0.3 is 0 Å². The van der Waals surface area contributed by atoms with Crippen LogP contribution in [0.4, 0.5) is 5.69 Å². The van der Waals surface area contributed by atoms with Gasteiger partial charge < -0.3 is 10.0 Å². The molecule has 1 N–H and O–H groups in total. The Labute approximate surface area is 115 Å². The lowest BCUT2D eigenvalue weighted by molar-refractivity contribution is -0.121. The van der Waals surface area contributed by atoms with E-state index in [0.717, 1.165) is 16.8 Å². The summed E-state index contributed by atoms with van der Waals surface area (Å²) in [5.74, 6) is 0.632. The molecule has 1 atom stereocenters. The molecule has 1 unspecified atom stereocenters. The second-order valence-electron chi connectivity index (χ2n) is 6.30. The fourth-order valence-electron chi connectivity index (χ4n) is 2.92. The number of nitrogens with zero attached hydrogens (tertiary/aromatic N) is 1. The van der Waals surface area contributed by atoms with Crippen molar-refractivity contribution in [1.82, 2.24) is 0 Å². The molecule has 0 radical (unpaired) electrons. The Morgan fingerprint density at radius 1 is 1.32 bits per heavy atom. The Morgan fingerprint density at radius 3 is 2.47 bits per heavy atom. The lowest BCUT2D eigenvalue weighted by Crippen LogP contribution is -2.33. The molecule has 2 rings (SSSR count). The van der Waals surface area contributed by atoms with Crippen LogP contribution in [-0.4, -0.2) is 24.7 Å². The topological polar surface area (TPSA) is 40.5 Å². The van der Waals surface area contributed by atoms with Crippen molar-refractivity contribution in [3.05, 3.63) is 29.3 Å². The number of carbonyl (C=O) groups excluding carboxylic acids is 1. The summed E-state index contributed by atoms with van der Waals surface area (Å²) in [6.07, 6.45) is 0. The predicted octanol–water partition coefficient (Wildman–Crippen LogP) is 2.67. The van der Waals surface area contributed by atoms with E-state index in [1.807, 2.05) is 33.0 Å². The Kier molecular flexibility index (Phi) is 3.43. The molecule has 3 heteroatoms. The minimum absolute atomic E-state index is 0.127. The molecule has 1 heterocycles. The summed E-state index contributed by atoms with van der Waals surface area (Å²) in [6.45, 7) is 8.28. The van der Waals surface area contributed by atoms with Gasteiger partial charge in [-0.25, -0.2) is 0 Å². The summed E-state index contributed by atoms with van der Waals surface area (Å²) in [5, 5.41) is 9.56. The van der Waals surface area contributed by atoms with Crippen molar-refractivity contribution in [2.24, 2.45) is 5.92 Å². The van der Waals surface area contributed by atoms with E-state index < -0.39 is 5.41 Å². The number of aliphatic hydroxyl groups excluding tert-OH is 1. The van der Waals surface area contributed by atoms with Crippen LogP contribution in [0.5, 0.6) is 0 Å². The minimum Gasteiger partial charge on any atom is -0.396 e. The number of carbonyl (C=O) groups is 1. The molecule has 0 aromatic heterocycles. The van der Waals surface area contributed by atoms with E-state index in [-0.39, 0.29) is 18.4 Å². The molecule has 1 aromatic carbocycles. The van der Waals surface area contributed by atoms with Gasteiger partial charge in [0.1, 0.15) is 0 Å². The molecule has 0 saturated carbocycles. The van der Waals surface area contributed by atoms with E-state index in [4.69, 9.17) is 0 Å². The summed E-state index contributed by atoms with van der Waals surface area (Å²) in [5.41, 5.74) is 2.69. The smallest absolute Gasteiger partial charge is 0.236 e. The summed E-state index contributed by atoms with van der Waals surface area (Å²) < 4.78 is 0. The SMILES string of the molecule is CC(C)C(CO)c1ccc2c(c1)C(C)(C)C(=O)N2C. The quantitative estimate of drug-likeness (QED) is 0.908. The van der Waals surface area contributed by atoms with Crippen molar-refractivity contribution in [1.29, 1.82) is 0 Å². The monoisotopic (exact) mass is 261 g/mol. The maximum absolute atomic E-state index is 12.2. The van der Waals surface area contributed by atoms with Crippen LogP contribution in [0.3, 0.4) is 0 Å². The number of rotatable bonds is 3. The zero-order chi connectivity index (χ0) is 14.4. The Hall–Kier alpha value is -1.35. The molecule has 0 saturated heterocycles. The van der Waals surface area contributed by atoms with Gasteiger partial charge in [-0.2, -0.15) is 0 Å². The van der Waals surface area contributed by atoms with Crippen LogP contribution in [-0.2, 0) is 10.2 Å². The number of hydrogen-bond acceptors (Lipinski definition) is 2. The molecule has 0 bridgehead atoms. The van der Waals surface area contributed by atoms with Gasteiger partial charge in [-0.15, -0.1) is 0 Å². The van der Waals surface area contributed by atoms with Crippen molar-refractivity contribution in [3.63, 3.8) is 0 Å². The molecule has 0 fully saturated rings. The third kappa shape index (κ3) is 2.06. The van der Waals surface area contributed by atoms with E-state index in [0.29, 0.717) is 5.92 Å². The maximum atomic E-state index is 12.2. The average Bonchev–Trinajstić information content (AvgIpc) is 2.52. The fraction of sp³-hybridized carbons (Fsp3) is 0.562. The number of anilines is 1. The lowest BCUT2D eigenvalue weighted by atomic mass is 9.82. The number of aliphatic hydroxyl groups is 1. The Bertz CT molecular complexity index is 505. The van der Waals surface area contributed by atoms with Crippen molar-refractivity contribution in [3.8, 4) is 0 Å². The first-order valence-corrected chi connectivity index (χ1v) is 6.84. The lowest BCUT2D eigenvalue weighted by Gasteiger charge is -2.21. The second kappa shape index (κ2) is 4.64. The van der Waals surface area contributed by atoms with Gasteiger partial charge in [0.05, 0.1) is 12.0 Å². The molecule has 0 aliphatic carbocycles. The van der Waals surface area contributed by atoms with E-state index in [1.165, 1.54) is 0 Å². The van der Waals surface area contributed by atoms with Gasteiger partial charge in [-0.1, -0.05) is 26.0 Å². The van der Waals surface area contributed by atoms with Crippen LogP contribution < -0.4 is 4.90 Å². The van der Waals surface area contributed by atoms with Crippen molar-refractivity contribution in [2.45, 2.75) is 39.0 Å². The first kappa shape index (κ1) is 14.1. The van der Waals surface area contributed by atoms with Gasteiger partial charge in [-0.05, 0) is 37.0 Å². The summed E-state index contributed by atoms with van der Waals surface area (Å²) in [6, 6.07) is 6.13. The van der Waals surface area contributed by atoms with Crippen molar-refractivity contribution in [2.75, 3.05) is 18.6 Å². The molecule has 1 aliphatic heterocycles. The molecule has 3 nitrogen and oxygen atoms in total. The molecular formula is C16H23NO2. The Morgan fingerprint density at radius 2 is 1.95 bits per heavy atom. The number of benzene rings is 1. The van der Waals surface area contributed by atoms with E-state index >= 15 is 0 Å². The van der Waals surface area contributed by atoms with Crippen LogP contribution in [0.1, 0.15) is 44.7 Å². The molecule has 0 spiro atoms. The van der Waals surface area contributed by atoms with Crippen molar-refractivity contribution >= 4 is 11.6 Å². The van der Waals surface area contributed by atoms with Crippen LogP contribution in [0.25, 0.3) is 0 Å². The van der Waals surface area contributed by atoms with Gasteiger partial charge in [0.2, 0.25) is 5.91 Å². The largest absolute Gasteiger partial charge is 0.396 e. The Balaban J connectivity index is 2.51. The van der Waals surface area contributed by atoms with Crippen LogP contribution in [0.2, 0.25) is 0 Å². The average molecular weight is 261 g/mol. The standard InChI is InChI=1S/C16H23NO2/c1-10(2)12(9-18)11-6-7-14-13(8-11)16(3,4)15(19)17(14)5/h6-8,10,12,18H,9H2,1-5H3. The molecule has 1 amide bonds. The highest BCUT2D eigenvalue weighted by atomic mass is 16.3. The molecule has 1 aromatic rings. The van der Waals surface area contributed by atoms with Crippen molar-refractivity contribution < 1.29 is 9.90 Å². The maximum Gasteiger partial charge on any atom is 0.236 e. The predicted molar refractivity (Wildman–Crippen MR) is 77.5 cm³/mol. The number of hydrogen-bond donors (Lipinski definition) is 1. The van der Waals surface area contributed by atoms with Crippen LogP contribution in [0, 0.1) is 5.92 Å². The van der Waals surface area contributed by atoms with Crippen LogP contribution >= 0.6 is 0 Å². The highest BCUT2D eigenvalue weighted by Crippen LogP contribution is 2.42. The van der Waals surface area contributed by atoms with Gasteiger partial charge in [0.15, 0.2) is 0 Å². The number of likely N-dealkylation sites (N-methyl/N-ethyl adjacent to an activating group) is 1.